The van der Waals surface area contributed by atoms with Crippen molar-refractivity contribution in [3.8, 4) is 5.75 Å². The van der Waals surface area contributed by atoms with Gasteiger partial charge in [0.2, 0.25) is 0 Å². The van der Waals surface area contributed by atoms with Gasteiger partial charge in [-0.1, -0.05) is 42.9 Å². The topological polar surface area (TPSA) is 23.3 Å². The van der Waals surface area contributed by atoms with Gasteiger partial charge in [-0.15, -0.1) is 12.2 Å². The molecule has 24 heavy (non-hydrogen) atoms. The molecule has 2 nitrogen and oxygen atoms in total. The molecule has 0 bridgehead atoms. The Labute approximate surface area is 163 Å². The summed E-state index contributed by atoms with van der Waals surface area (Å²) >= 11 is -0.556. The first-order valence-electron chi connectivity index (χ1n) is 7.83. The van der Waals surface area contributed by atoms with Crippen molar-refractivity contribution in [2.75, 3.05) is 13.7 Å². The van der Waals surface area contributed by atoms with Crippen molar-refractivity contribution >= 4 is 24.3 Å². The van der Waals surface area contributed by atoms with Gasteiger partial charge in [0.05, 0.1) is 7.11 Å². The van der Waals surface area contributed by atoms with E-state index in [9.17, 15) is 0 Å². The first-order valence-corrected chi connectivity index (χ1v) is 12.1. The molecule has 0 heterocycles. The van der Waals surface area contributed by atoms with Crippen LogP contribution in [0.4, 0.5) is 5.69 Å². The Bertz CT molecular complexity index is 545. The molecule has 2 aliphatic rings. The second-order valence-electron chi connectivity index (χ2n) is 6.06. The third-order valence-electron chi connectivity index (χ3n) is 4.51. The first kappa shape index (κ1) is 21.6. The van der Waals surface area contributed by atoms with Gasteiger partial charge in [-0.05, 0) is 42.7 Å². The zero-order chi connectivity index (χ0) is 16.7. The van der Waals surface area contributed by atoms with Crippen molar-refractivity contribution in [2.45, 2.75) is 19.8 Å². The normalized spacial score (nSPS) is 23.8. The number of hydrogen-bond donors (Lipinski definition) is 0. The van der Waals surface area contributed by atoms with Crippen molar-refractivity contribution < 1.29 is 21.8 Å². The van der Waals surface area contributed by atoms with Crippen LogP contribution in [0.5, 0.6) is 5.75 Å². The number of allylic oxidation sites excluding steroid dienone is 3. The molecule has 5 heteroatoms. The van der Waals surface area contributed by atoms with Crippen LogP contribution in [0.2, 0.25) is 0 Å². The van der Waals surface area contributed by atoms with Crippen LogP contribution in [0.25, 0.3) is 5.32 Å². The Kier molecular flexibility index (Phi) is 10.1. The summed E-state index contributed by atoms with van der Waals surface area (Å²) in [5, 5.41) is 4.73. The molecule has 0 saturated heterocycles. The number of benzene rings is 1. The summed E-state index contributed by atoms with van der Waals surface area (Å²) in [4.78, 5) is 0. The monoisotopic (exact) mass is 401 g/mol. The van der Waals surface area contributed by atoms with Gasteiger partial charge in [-0.25, -0.2) is 0 Å². The first-order chi connectivity index (χ1) is 11.2. The van der Waals surface area contributed by atoms with Crippen LogP contribution in [-0.4, -0.2) is 13.7 Å². The minimum absolute atomic E-state index is 0. The van der Waals surface area contributed by atoms with E-state index in [0.717, 1.165) is 35.7 Å². The van der Waals surface area contributed by atoms with Crippen molar-refractivity contribution in [2.24, 2.45) is 17.8 Å². The van der Waals surface area contributed by atoms with Crippen molar-refractivity contribution in [3.63, 3.8) is 0 Å². The Morgan fingerprint density at radius 1 is 1.21 bits per heavy atom. The summed E-state index contributed by atoms with van der Waals surface area (Å²) in [6, 6.07) is 7.97. The molecule has 3 rings (SSSR count). The molecule has 132 valence electrons. The van der Waals surface area contributed by atoms with E-state index >= 15 is 0 Å². The fourth-order valence-electron chi connectivity index (χ4n) is 3.46. The minimum atomic E-state index is -0.556. The molecule has 0 radical (unpaired) electrons. The molecule has 0 amide bonds. The molecule has 1 saturated carbocycles. The zero-order valence-corrected chi connectivity index (χ0v) is 17.6. The Morgan fingerprint density at radius 2 is 1.88 bits per heavy atom. The molecule has 0 aliphatic heterocycles. The van der Waals surface area contributed by atoms with Gasteiger partial charge >= 0.3 is 35.6 Å². The van der Waals surface area contributed by atoms with Gasteiger partial charge in [0.15, 0.2) is 0 Å². The van der Waals surface area contributed by atoms with Gasteiger partial charge in [-0.2, -0.15) is 0 Å². The molecule has 1 aromatic rings. The van der Waals surface area contributed by atoms with Crippen molar-refractivity contribution in [1.82, 2.24) is 0 Å². The number of nitrogens with zero attached hydrogens (tertiary/aromatic N) is 1. The molecular weight excluding hydrogens is 377 g/mol. The number of ether oxygens (including phenoxy) is 1. The van der Waals surface area contributed by atoms with Gasteiger partial charge in [0.25, 0.3) is 0 Å². The van der Waals surface area contributed by atoms with E-state index in [1.165, 1.54) is 18.4 Å². The molecule has 1 aromatic carbocycles. The maximum absolute atomic E-state index is 5.17. The van der Waals surface area contributed by atoms with Gasteiger partial charge in [-0.3, -0.25) is 0 Å². The summed E-state index contributed by atoms with van der Waals surface area (Å²) in [6.45, 7) is 3.19. The summed E-state index contributed by atoms with van der Waals surface area (Å²) in [5.74, 6) is 3.19. The number of fused-ring (bicyclic) bond motifs is 1. The average molecular weight is 402 g/mol. The Hall–Kier alpha value is -0.406. The van der Waals surface area contributed by atoms with Crippen LogP contribution < -0.4 is 4.74 Å². The molecular formula is C19H25Cl2NOTi-2. The van der Waals surface area contributed by atoms with E-state index in [0.29, 0.717) is 0 Å². The Balaban J connectivity index is 0.000000671. The standard InChI is InChI=1S/C18H22NO.CH3.2ClH.Ti/c1-13-10-14-4-3-5-15(18(14)11-13)12-19-16-6-8-17(20-2)9-7-16;;;;/h3-9,13-14,18H,10-12H2,1-2H3;1H3;2*1H;/q2*-1;;;+2/p-2/t13-,14?,18?;;;;/m0..../s1. The predicted molar refractivity (Wildman–Crippen MR) is 102 cm³/mol. The van der Waals surface area contributed by atoms with Crippen LogP contribution >= 0.6 is 18.6 Å². The van der Waals surface area contributed by atoms with Crippen LogP contribution in [0.3, 0.4) is 0 Å². The second-order valence-corrected chi connectivity index (χ2v) is 8.64. The zero-order valence-electron chi connectivity index (χ0n) is 14.5. The Morgan fingerprint density at radius 3 is 2.50 bits per heavy atom. The van der Waals surface area contributed by atoms with Crippen LogP contribution in [0.1, 0.15) is 19.8 Å². The fourth-order valence-corrected chi connectivity index (χ4v) is 3.46. The van der Waals surface area contributed by atoms with E-state index in [-0.39, 0.29) is 7.43 Å². The summed E-state index contributed by atoms with van der Waals surface area (Å²) < 4.78 is 5.17. The predicted octanol–water partition coefficient (Wildman–Crippen LogP) is 6.69. The SMILES string of the molecule is COc1ccc([N-]CC2=CC=CC3C[C@H](C)CC23)cc1.[CH3-].[Cl][Ti][Cl]. The third-order valence-corrected chi connectivity index (χ3v) is 4.51. The van der Waals surface area contributed by atoms with Crippen LogP contribution in [-0.2, 0) is 17.0 Å². The van der Waals surface area contributed by atoms with E-state index in [1.54, 1.807) is 7.11 Å². The van der Waals surface area contributed by atoms with E-state index < -0.39 is 17.0 Å². The molecule has 0 spiro atoms. The number of halogens is 2. The molecule has 3 atom stereocenters. The van der Waals surface area contributed by atoms with Crippen LogP contribution in [0, 0.1) is 25.2 Å². The summed E-state index contributed by atoms with van der Waals surface area (Å²) in [6.07, 6.45) is 9.52. The molecule has 0 N–H and O–H groups in total. The molecule has 2 aliphatic carbocycles. The molecule has 1 fully saturated rings. The fraction of sp³-hybridized carbons (Fsp3) is 0.421. The van der Waals surface area contributed by atoms with Gasteiger partial charge in [0.1, 0.15) is 5.75 Å². The quantitative estimate of drug-likeness (QED) is 0.407. The van der Waals surface area contributed by atoms with Gasteiger partial charge in [0, 0.05) is 0 Å². The van der Waals surface area contributed by atoms with E-state index in [1.807, 2.05) is 24.3 Å². The number of methoxy groups -OCH3 is 1. The molecule has 0 aromatic heterocycles. The summed E-state index contributed by atoms with van der Waals surface area (Å²) in [7, 11) is 11.5. The van der Waals surface area contributed by atoms with Crippen LogP contribution in [0.15, 0.2) is 48.1 Å². The van der Waals surface area contributed by atoms with Crippen molar-refractivity contribution in [3.05, 3.63) is 60.8 Å². The summed E-state index contributed by atoms with van der Waals surface area (Å²) in [5.41, 5.74) is 2.53. The third kappa shape index (κ3) is 6.15. The van der Waals surface area contributed by atoms with Gasteiger partial charge < -0.3 is 17.5 Å². The van der Waals surface area contributed by atoms with E-state index in [4.69, 9.17) is 28.7 Å². The number of hydrogen-bond acceptors (Lipinski definition) is 1. The van der Waals surface area contributed by atoms with E-state index in [2.05, 4.69) is 25.2 Å². The second kappa shape index (κ2) is 11.3. The number of rotatable bonds is 4. The van der Waals surface area contributed by atoms with Crippen molar-refractivity contribution in [1.29, 1.82) is 0 Å². The molecule has 2 unspecified atom stereocenters. The maximum atomic E-state index is 5.17. The average Bonchev–Trinajstić information content (AvgIpc) is 2.95.